The standard InChI is InChI=1S/C13H8BrF3N2O2/c14-10-2-1-7(5-9(10)13(15,16)17)19-12(21)8-3-4-18-6-11(8)20/h1-6,20H,(H,19,21). The van der Waals surface area contributed by atoms with Crippen molar-refractivity contribution >= 4 is 27.5 Å². The Labute approximate surface area is 125 Å². The van der Waals surface area contributed by atoms with Crippen molar-refractivity contribution in [1.29, 1.82) is 0 Å². The third kappa shape index (κ3) is 3.52. The lowest BCUT2D eigenvalue weighted by Crippen LogP contribution is -2.13. The molecule has 0 aliphatic heterocycles. The third-order valence-corrected chi connectivity index (χ3v) is 3.27. The van der Waals surface area contributed by atoms with Crippen molar-refractivity contribution in [3.05, 3.63) is 52.3 Å². The van der Waals surface area contributed by atoms with Crippen LogP contribution in [0.5, 0.6) is 5.75 Å². The van der Waals surface area contributed by atoms with E-state index in [9.17, 15) is 23.1 Å². The summed E-state index contributed by atoms with van der Waals surface area (Å²) in [7, 11) is 0. The zero-order chi connectivity index (χ0) is 15.6. The molecule has 1 heterocycles. The SMILES string of the molecule is O=C(Nc1ccc(Br)c(C(F)(F)F)c1)c1ccncc1O. The molecule has 8 heteroatoms. The van der Waals surface area contributed by atoms with Gasteiger partial charge in [-0.15, -0.1) is 0 Å². The molecule has 110 valence electrons. The lowest BCUT2D eigenvalue weighted by Gasteiger charge is -2.12. The minimum Gasteiger partial charge on any atom is -0.505 e. The van der Waals surface area contributed by atoms with E-state index >= 15 is 0 Å². The van der Waals surface area contributed by atoms with Gasteiger partial charge in [-0.3, -0.25) is 9.78 Å². The summed E-state index contributed by atoms with van der Waals surface area (Å²) in [6, 6.07) is 4.56. The van der Waals surface area contributed by atoms with Gasteiger partial charge in [-0.25, -0.2) is 0 Å². The number of carbonyl (C=O) groups is 1. The number of hydrogen-bond acceptors (Lipinski definition) is 3. The number of pyridine rings is 1. The van der Waals surface area contributed by atoms with Gasteiger partial charge in [0.1, 0.15) is 5.75 Å². The van der Waals surface area contributed by atoms with Crippen molar-refractivity contribution in [2.75, 3.05) is 5.32 Å². The number of rotatable bonds is 2. The molecule has 0 fully saturated rings. The molecule has 0 aliphatic rings. The van der Waals surface area contributed by atoms with Gasteiger partial charge in [0, 0.05) is 16.4 Å². The van der Waals surface area contributed by atoms with E-state index in [2.05, 4.69) is 26.2 Å². The van der Waals surface area contributed by atoms with Crippen molar-refractivity contribution in [3.8, 4) is 5.75 Å². The van der Waals surface area contributed by atoms with Gasteiger partial charge < -0.3 is 10.4 Å². The van der Waals surface area contributed by atoms with E-state index in [1.807, 2.05) is 0 Å². The van der Waals surface area contributed by atoms with Crippen molar-refractivity contribution < 1.29 is 23.1 Å². The molecule has 0 saturated heterocycles. The number of aromatic nitrogens is 1. The third-order valence-electron chi connectivity index (χ3n) is 2.57. The maximum Gasteiger partial charge on any atom is 0.417 e. The van der Waals surface area contributed by atoms with Crippen LogP contribution in [0.1, 0.15) is 15.9 Å². The predicted octanol–water partition coefficient (Wildman–Crippen LogP) is 3.82. The van der Waals surface area contributed by atoms with Crippen LogP contribution in [0, 0.1) is 0 Å². The molecule has 2 N–H and O–H groups in total. The van der Waals surface area contributed by atoms with E-state index in [1.54, 1.807) is 0 Å². The second-order valence-corrected chi connectivity index (χ2v) is 4.89. The number of halogens is 4. The van der Waals surface area contributed by atoms with E-state index in [0.29, 0.717) is 0 Å². The van der Waals surface area contributed by atoms with Gasteiger partial charge in [0.15, 0.2) is 0 Å². The fraction of sp³-hybridized carbons (Fsp3) is 0.0769. The number of nitrogens with one attached hydrogen (secondary N) is 1. The number of carbonyl (C=O) groups excluding carboxylic acids is 1. The molecule has 4 nitrogen and oxygen atoms in total. The number of amides is 1. The minimum absolute atomic E-state index is 0.0354. The Hall–Kier alpha value is -2.09. The van der Waals surface area contributed by atoms with Crippen molar-refractivity contribution in [2.24, 2.45) is 0 Å². The van der Waals surface area contributed by atoms with Crippen LogP contribution in [0.15, 0.2) is 41.1 Å². The Morgan fingerprint density at radius 2 is 2.00 bits per heavy atom. The molecule has 1 aromatic carbocycles. The summed E-state index contributed by atoms with van der Waals surface area (Å²) >= 11 is 2.81. The lowest BCUT2D eigenvalue weighted by atomic mass is 10.1. The summed E-state index contributed by atoms with van der Waals surface area (Å²) < 4.78 is 38.2. The van der Waals surface area contributed by atoms with Gasteiger partial charge in [0.05, 0.1) is 17.3 Å². The normalized spacial score (nSPS) is 11.2. The quantitative estimate of drug-likeness (QED) is 0.855. The number of aromatic hydroxyl groups is 1. The number of alkyl halides is 3. The van der Waals surface area contributed by atoms with Crippen LogP contribution in [0.25, 0.3) is 0 Å². The fourth-order valence-corrected chi connectivity index (χ4v) is 2.07. The van der Waals surface area contributed by atoms with Crippen LogP contribution in [0.4, 0.5) is 18.9 Å². The van der Waals surface area contributed by atoms with Crippen molar-refractivity contribution in [1.82, 2.24) is 4.98 Å². The van der Waals surface area contributed by atoms with Gasteiger partial charge in [-0.2, -0.15) is 13.2 Å². The molecule has 0 radical (unpaired) electrons. The first kappa shape index (κ1) is 15.3. The Balaban J connectivity index is 2.29. The average molecular weight is 361 g/mol. The second kappa shape index (κ2) is 5.72. The molecular formula is C13H8BrF3N2O2. The van der Waals surface area contributed by atoms with Crippen LogP contribution in [0.2, 0.25) is 0 Å². The van der Waals surface area contributed by atoms with E-state index < -0.39 is 17.6 Å². The summed E-state index contributed by atoms with van der Waals surface area (Å²) in [5.74, 6) is -1.09. The van der Waals surface area contributed by atoms with Crippen LogP contribution >= 0.6 is 15.9 Å². The zero-order valence-electron chi connectivity index (χ0n) is 10.3. The smallest absolute Gasteiger partial charge is 0.417 e. The summed E-state index contributed by atoms with van der Waals surface area (Å²) in [4.78, 5) is 15.5. The second-order valence-electron chi connectivity index (χ2n) is 4.04. The molecule has 21 heavy (non-hydrogen) atoms. The Kier molecular flexibility index (Phi) is 4.17. The molecule has 0 spiro atoms. The highest BCUT2D eigenvalue weighted by Gasteiger charge is 2.33. The highest BCUT2D eigenvalue weighted by Crippen LogP contribution is 2.36. The molecule has 2 rings (SSSR count). The molecule has 0 bridgehead atoms. The Bertz CT molecular complexity index is 689. The topological polar surface area (TPSA) is 62.2 Å². The van der Waals surface area contributed by atoms with Crippen molar-refractivity contribution in [3.63, 3.8) is 0 Å². The predicted molar refractivity (Wildman–Crippen MR) is 73.0 cm³/mol. The largest absolute Gasteiger partial charge is 0.505 e. The average Bonchev–Trinajstić information content (AvgIpc) is 2.40. The van der Waals surface area contributed by atoms with E-state index in [0.717, 1.165) is 12.3 Å². The van der Waals surface area contributed by atoms with Gasteiger partial charge in [-0.1, -0.05) is 15.9 Å². The summed E-state index contributed by atoms with van der Waals surface area (Å²) in [6.07, 6.45) is -2.19. The summed E-state index contributed by atoms with van der Waals surface area (Å²) in [5.41, 5.74) is -1.02. The first-order chi connectivity index (χ1) is 9.79. The Morgan fingerprint density at radius 3 is 2.62 bits per heavy atom. The van der Waals surface area contributed by atoms with E-state index in [1.165, 1.54) is 24.4 Å². The Morgan fingerprint density at radius 1 is 1.29 bits per heavy atom. The van der Waals surface area contributed by atoms with Gasteiger partial charge in [-0.05, 0) is 24.3 Å². The fourth-order valence-electron chi connectivity index (χ4n) is 1.60. The first-order valence-corrected chi connectivity index (χ1v) is 6.39. The molecule has 1 aromatic heterocycles. The molecule has 0 aliphatic carbocycles. The van der Waals surface area contributed by atoms with Crippen LogP contribution in [-0.2, 0) is 6.18 Å². The number of anilines is 1. The highest BCUT2D eigenvalue weighted by atomic mass is 79.9. The van der Waals surface area contributed by atoms with Crippen LogP contribution < -0.4 is 5.32 Å². The number of nitrogens with zero attached hydrogens (tertiary/aromatic N) is 1. The van der Waals surface area contributed by atoms with E-state index in [-0.39, 0.29) is 21.5 Å². The maximum absolute atomic E-state index is 12.8. The molecular weight excluding hydrogens is 353 g/mol. The monoisotopic (exact) mass is 360 g/mol. The molecule has 1 amide bonds. The van der Waals surface area contributed by atoms with Gasteiger partial charge in [0.2, 0.25) is 0 Å². The molecule has 0 saturated carbocycles. The summed E-state index contributed by atoms with van der Waals surface area (Å²) in [6.45, 7) is 0. The van der Waals surface area contributed by atoms with Gasteiger partial charge >= 0.3 is 6.18 Å². The van der Waals surface area contributed by atoms with Crippen LogP contribution in [0.3, 0.4) is 0 Å². The highest BCUT2D eigenvalue weighted by molar-refractivity contribution is 9.10. The first-order valence-electron chi connectivity index (χ1n) is 5.60. The minimum atomic E-state index is -4.54. The molecule has 0 atom stereocenters. The molecule has 0 unspecified atom stereocenters. The van der Waals surface area contributed by atoms with Crippen LogP contribution in [-0.4, -0.2) is 16.0 Å². The maximum atomic E-state index is 12.8. The van der Waals surface area contributed by atoms with Crippen molar-refractivity contribution in [2.45, 2.75) is 6.18 Å². The lowest BCUT2D eigenvalue weighted by molar-refractivity contribution is -0.138. The van der Waals surface area contributed by atoms with E-state index in [4.69, 9.17) is 0 Å². The van der Waals surface area contributed by atoms with Gasteiger partial charge in [0.25, 0.3) is 5.91 Å². The zero-order valence-corrected chi connectivity index (χ0v) is 11.9. The summed E-state index contributed by atoms with van der Waals surface area (Å²) in [5, 5.41) is 11.8. The number of hydrogen-bond donors (Lipinski definition) is 2. The molecule has 2 aromatic rings. The number of benzene rings is 1.